The summed E-state index contributed by atoms with van der Waals surface area (Å²) >= 11 is 5.79. The molecule has 2 amide bonds. The van der Waals surface area contributed by atoms with Gasteiger partial charge in [0.25, 0.3) is 5.91 Å². The number of rotatable bonds is 3. The summed E-state index contributed by atoms with van der Waals surface area (Å²) in [5, 5.41) is 28.4. The van der Waals surface area contributed by atoms with Crippen LogP contribution in [0.1, 0.15) is 15.9 Å². The minimum atomic E-state index is -1.02. The SMILES string of the molecule is NN(C(=O)Cc1cccc(O)c1)C(=O)c1c(O)cc(O)cc1Cl. The van der Waals surface area contributed by atoms with Crippen molar-refractivity contribution in [1.29, 1.82) is 0 Å². The molecule has 2 aromatic rings. The van der Waals surface area contributed by atoms with Crippen molar-refractivity contribution in [2.75, 3.05) is 0 Å². The highest BCUT2D eigenvalue weighted by Crippen LogP contribution is 2.31. The largest absolute Gasteiger partial charge is 0.508 e. The number of hydrogen-bond acceptors (Lipinski definition) is 6. The zero-order chi connectivity index (χ0) is 17.1. The second-order valence-electron chi connectivity index (χ2n) is 4.74. The van der Waals surface area contributed by atoms with Crippen molar-refractivity contribution in [2.45, 2.75) is 6.42 Å². The first-order valence-electron chi connectivity index (χ1n) is 6.41. The van der Waals surface area contributed by atoms with E-state index in [4.69, 9.17) is 17.4 Å². The van der Waals surface area contributed by atoms with Crippen LogP contribution in [0.4, 0.5) is 0 Å². The monoisotopic (exact) mass is 336 g/mol. The highest BCUT2D eigenvalue weighted by Gasteiger charge is 2.25. The number of nitrogens with zero attached hydrogens (tertiary/aromatic N) is 1. The molecule has 8 heteroatoms. The molecule has 0 saturated heterocycles. The van der Waals surface area contributed by atoms with Gasteiger partial charge in [-0.2, -0.15) is 0 Å². The molecule has 23 heavy (non-hydrogen) atoms. The van der Waals surface area contributed by atoms with E-state index in [1.807, 2.05) is 0 Å². The third-order valence-electron chi connectivity index (χ3n) is 3.02. The zero-order valence-electron chi connectivity index (χ0n) is 11.7. The smallest absolute Gasteiger partial charge is 0.280 e. The lowest BCUT2D eigenvalue weighted by atomic mass is 10.1. The van der Waals surface area contributed by atoms with Crippen LogP contribution in [0, 0.1) is 0 Å². The maximum atomic E-state index is 12.2. The Morgan fingerprint density at radius 3 is 2.39 bits per heavy atom. The molecule has 0 aliphatic carbocycles. The van der Waals surface area contributed by atoms with E-state index in [1.54, 1.807) is 12.1 Å². The number of aromatic hydroxyl groups is 3. The van der Waals surface area contributed by atoms with Crippen molar-refractivity contribution in [3.63, 3.8) is 0 Å². The average Bonchev–Trinajstić information content (AvgIpc) is 2.45. The lowest BCUT2D eigenvalue weighted by Crippen LogP contribution is -2.43. The number of benzene rings is 2. The van der Waals surface area contributed by atoms with E-state index in [2.05, 4.69) is 0 Å². The predicted octanol–water partition coefficient (Wildman–Crippen LogP) is 1.54. The summed E-state index contributed by atoms with van der Waals surface area (Å²) in [6.45, 7) is 0. The fourth-order valence-corrected chi connectivity index (χ4v) is 2.24. The molecule has 0 spiro atoms. The third-order valence-corrected chi connectivity index (χ3v) is 3.32. The normalized spacial score (nSPS) is 10.3. The predicted molar refractivity (Wildman–Crippen MR) is 82.0 cm³/mol. The molecule has 0 aromatic heterocycles. The van der Waals surface area contributed by atoms with Gasteiger partial charge in [0.05, 0.1) is 11.4 Å². The van der Waals surface area contributed by atoms with E-state index in [0.717, 1.165) is 12.1 Å². The molecule has 2 aromatic carbocycles. The lowest BCUT2D eigenvalue weighted by molar-refractivity contribution is -0.128. The first-order chi connectivity index (χ1) is 10.8. The van der Waals surface area contributed by atoms with E-state index >= 15 is 0 Å². The van der Waals surface area contributed by atoms with Crippen LogP contribution in [-0.2, 0) is 11.2 Å². The van der Waals surface area contributed by atoms with Gasteiger partial charge in [-0.05, 0) is 23.8 Å². The number of phenolic OH excluding ortho intramolecular Hbond substituents is 3. The van der Waals surface area contributed by atoms with Gasteiger partial charge in [0.15, 0.2) is 0 Å². The second-order valence-corrected chi connectivity index (χ2v) is 5.14. The number of halogens is 1. The van der Waals surface area contributed by atoms with E-state index in [-0.39, 0.29) is 22.9 Å². The lowest BCUT2D eigenvalue weighted by Gasteiger charge is -2.16. The van der Waals surface area contributed by atoms with E-state index in [9.17, 15) is 24.9 Å². The zero-order valence-corrected chi connectivity index (χ0v) is 12.5. The number of phenols is 3. The Labute approximate surface area is 136 Å². The molecule has 0 fully saturated rings. The van der Waals surface area contributed by atoms with Crippen molar-refractivity contribution in [3.8, 4) is 17.2 Å². The summed E-state index contributed by atoms with van der Waals surface area (Å²) in [6.07, 6.45) is -0.229. The topological polar surface area (TPSA) is 124 Å². The van der Waals surface area contributed by atoms with Crippen molar-refractivity contribution in [3.05, 3.63) is 52.5 Å². The molecule has 0 aliphatic rings. The Morgan fingerprint density at radius 2 is 1.78 bits per heavy atom. The van der Waals surface area contributed by atoms with Crippen molar-refractivity contribution >= 4 is 23.4 Å². The van der Waals surface area contributed by atoms with Gasteiger partial charge in [0.2, 0.25) is 5.91 Å². The van der Waals surface area contributed by atoms with E-state index in [1.165, 1.54) is 12.1 Å². The van der Waals surface area contributed by atoms with Crippen LogP contribution >= 0.6 is 11.6 Å². The molecular formula is C15H13ClN2O5. The molecule has 0 unspecified atom stereocenters. The number of carbonyl (C=O) groups excluding carboxylic acids is 2. The highest BCUT2D eigenvalue weighted by molar-refractivity contribution is 6.34. The standard InChI is InChI=1S/C15H13ClN2O5/c16-11-6-10(20)7-12(21)14(11)15(23)18(17)13(22)5-8-2-1-3-9(19)4-8/h1-4,6-7,19-21H,5,17H2. The summed E-state index contributed by atoms with van der Waals surface area (Å²) in [7, 11) is 0. The van der Waals surface area contributed by atoms with Crippen molar-refractivity contribution < 1.29 is 24.9 Å². The van der Waals surface area contributed by atoms with Gasteiger partial charge in [-0.1, -0.05) is 23.7 Å². The Kier molecular flexibility index (Phi) is 4.73. The van der Waals surface area contributed by atoms with Crippen LogP contribution in [0.15, 0.2) is 36.4 Å². The number of nitrogens with two attached hydrogens (primary N) is 1. The van der Waals surface area contributed by atoms with Gasteiger partial charge in [-0.3, -0.25) is 9.59 Å². The quantitative estimate of drug-likeness (QED) is 0.383. The van der Waals surface area contributed by atoms with Crippen LogP contribution < -0.4 is 5.84 Å². The number of hydrogen-bond donors (Lipinski definition) is 4. The molecular weight excluding hydrogens is 324 g/mol. The molecule has 0 saturated carbocycles. The number of carbonyl (C=O) groups is 2. The first-order valence-corrected chi connectivity index (χ1v) is 6.78. The molecule has 0 radical (unpaired) electrons. The molecule has 7 nitrogen and oxygen atoms in total. The molecule has 0 heterocycles. The molecule has 2 rings (SSSR count). The molecule has 5 N–H and O–H groups in total. The van der Waals surface area contributed by atoms with E-state index in [0.29, 0.717) is 10.6 Å². The van der Waals surface area contributed by atoms with Gasteiger partial charge in [0.1, 0.15) is 22.8 Å². The van der Waals surface area contributed by atoms with Crippen LogP contribution in [0.25, 0.3) is 0 Å². The fourth-order valence-electron chi connectivity index (χ4n) is 1.95. The first kappa shape index (κ1) is 16.6. The second kappa shape index (κ2) is 6.55. The molecule has 120 valence electrons. The van der Waals surface area contributed by atoms with Crippen LogP contribution in [0.2, 0.25) is 5.02 Å². The Morgan fingerprint density at radius 1 is 1.09 bits per heavy atom. The van der Waals surface area contributed by atoms with Crippen molar-refractivity contribution in [2.24, 2.45) is 5.84 Å². The highest BCUT2D eigenvalue weighted by atomic mass is 35.5. The minimum absolute atomic E-state index is 0.0237. The summed E-state index contributed by atoms with van der Waals surface area (Å²) in [5.74, 6) is 2.76. The van der Waals surface area contributed by atoms with Gasteiger partial charge in [-0.25, -0.2) is 10.9 Å². The Bertz CT molecular complexity index is 755. The van der Waals surface area contributed by atoms with E-state index < -0.39 is 23.1 Å². The fraction of sp³-hybridized carbons (Fsp3) is 0.0667. The molecule has 0 bridgehead atoms. The summed E-state index contributed by atoms with van der Waals surface area (Å²) in [6, 6.07) is 7.88. The summed E-state index contributed by atoms with van der Waals surface area (Å²) < 4.78 is 0. The number of imide groups is 1. The maximum absolute atomic E-state index is 12.2. The van der Waals surface area contributed by atoms with Crippen molar-refractivity contribution in [1.82, 2.24) is 5.01 Å². The summed E-state index contributed by atoms with van der Waals surface area (Å²) in [5.41, 5.74) is 0.0653. The maximum Gasteiger partial charge on any atom is 0.280 e. The van der Waals surface area contributed by atoms with Crippen LogP contribution in [0.5, 0.6) is 17.2 Å². The van der Waals surface area contributed by atoms with Gasteiger partial charge < -0.3 is 15.3 Å². The minimum Gasteiger partial charge on any atom is -0.508 e. The van der Waals surface area contributed by atoms with Gasteiger partial charge in [-0.15, -0.1) is 0 Å². The van der Waals surface area contributed by atoms with Gasteiger partial charge in [0, 0.05) is 6.07 Å². The van der Waals surface area contributed by atoms with Crippen LogP contribution in [0.3, 0.4) is 0 Å². The number of hydrazine groups is 1. The molecule has 0 atom stereocenters. The Balaban J connectivity index is 2.21. The number of amides is 2. The summed E-state index contributed by atoms with van der Waals surface area (Å²) in [4.78, 5) is 24.3. The Hall–Kier alpha value is -2.77. The average molecular weight is 337 g/mol. The van der Waals surface area contributed by atoms with Gasteiger partial charge >= 0.3 is 0 Å². The van der Waals surface area contributed by atoms with Crippen LogP contribution in [-0.4, -0.2) is 32.1 Å². The third kappa shape index (κ3) is 3.71. The molecule has 0 aliphatic heterocycles.